The Balaban J connectivity index is 1.56. The summed E-state index contributed by atoms with van der Waals surface area (Å²) in [5.74, 6) is -1.22. The van der Waals surface area contributed by atoms with Crippen molar-refractivity contribution >= 4 is 29.0 Å². The molecule has 2 aromatic heterocycles. The fourth-order valence-corrected chi connectivity index (χ4v) is 4.85. The molecular formula is C31H32N6O5. The van der Waals surface area contributed by atoms with E-state index in [2.05, 4.69) is 10.4 Å². The van der Waals surface area contributed by atoms with Crippen LogP contribution in [0.15, 0.2) is 71.8 Å². The van der Waals surface area contributed by atoms with Crippen molar-refractivity contribution in [2.45, 2.75) is 44.7 Å². The Labute approximate surface area is 242 Å². The fourth-order valence-electron chi connectivity index (χ4n) is 4.85. The van der Waals surface area contributed by atoms with Crippen molar-refractivity contribution in [2.24, 2.45) is 0 Å². The van der Waals surface area contributed by atoms with Crippen LogP contribution in [0.25, 0.3) is 11.1 Å². The van der Waals surface area contributed by atoms with Crippen LogP contribution >= 0.6 is 0 Å². The number of nitrogens with one attached hydrogen (secondary N) is 2. The van der Waals surface area contributed by atoms with Gasteiger partial charge in [0.2, 0.25) is 5.91 Å². The lowest BCUT2D eigenvalue weighted by Crippen LogP contribution is -2.34. The van der Waals surface area contributed by atoms with E-state index in [0.717, 1.165) is 12.8 Å². The van der Waals surface area contributed by atoms with Crippen LogP contribution in [0, 0.1) is 5.41 Å². The second kappa shape index (κ2) is 11.7. The third kappa shape index (κ3) is 5.95. The molecule has 0 radical (unpaired) electrons. The Hall–Kier alpha value is -5.19. The number of hydrogen-bond acceptors (Lipinski definition) is 7. The molecule has 4 aromatic rings. The molecule has 42 heavy (non-hydrogen) atoms. The average Bonchev–Trinajstić information content (AvgIpc) is 3.73. The number of nitrogens with zero attached hydrogens (tertiary/aromatic N) is 3. The third-order valence-corrected chi connectivity index (χ3v) is 7.30. The van der Waals surface area contributed by atoms with E-state index in [4.69, 9.17) is 15.9 Å². The number of hydrogen-bond donors (Lipinski definition) is 4. The lowest BCUT2D eigenvalue weighted by Gasteiger charge is -2.21. The number of pyridine rings is 1. The van der Waals surface area contributed by atoms with Crippen molar-refractivity contribution in [1.29, 1.82) is 5.41 Å². The Morgan fingerprint density at radius 1 is 1.14 bits per heavy atom. The van der Waals surface area contributed by atoms with Crippen LogP contribution < -0.4 is 21.3 Å². The van der Waals surface area contributed by atoms with Crippen molar-refractivity contribution in [3.63, 3.8) is 0 Å². The maximum Gasteiger partial charge on any atom is 0.335 e. The van der Waals surface area contributed by atoms with Gasteiger partial charge in [-0.25, -0.2) is 4.79 Å². The first-order chi connectivity index (χ1) is 20.2. The summed E-state index contributed by atoms with van der Waals surface area (Å²) < 4.78 is 8.90. The largest absolute Gasteiger partial charge is 0.495 e. The molecule has 2 heterocycles. The van der Waals surface area contributed by atoms with Crippen LogP contribution in [0.1, 0.15) is 59.9 Å². The van der Waals surface area contributed by atoms with Crippen molar-refractivity contribution in [2.75, 3.05) is 18.2 Å². The van der Waals surface area contributed by atoms with Crippen molar-refractivity contribution < 1.29 is 19.4 Å². The molecule has 2 aromatic carbocycles. The van der Waals surface area contributed by atoms with Gasteiger partial charge in [0.1, 0.15) is 11.8 Å². The van der Waals surface area contributed by atoms with E-state index in [0.29, 0.717) is 57.7 Å². The zero-order valence-electron chi connectivity index (χ0n) is 23.3. The Morgan fingerprint density at radius 3 is 2.52 bits per heavy atom. The number of carbonyl (C=O) groups excluding carboxylic acids is 1. The lowest BCUT2D eigenvalue weighted by molar-refractivity contribution is -0.119. The van der Waals surface area contributed by atoms with Crippen LogP contribution in [0.4, 0.5) is 11.4 Å². The van der Waals surface area contributed by atoms with Gasteiger partial charge >= 0.3 is 5.97 Å². The number of nitrogen functional groups attached to an aromatic ring is 1. The van der Waals surface area contributed by atoms with E-state index >= 15 is 0 Å². The monoisotopic (exact) mass is 568 g/mol. The van der Waals surface area contributed by atoms with Crippen LogP contribution in [-0.2, 0) is 11.2 Å². The van der Waals surface area contributed by atoms with E-state index in [1.807, 2.05) is 23.9 Å². The molecule has 5 N–H and O–H groups in total. The van der Waals surface area contributed by atoms with E-state index in [1.54, 1.807) is 18.2 Å². The van der Waals surface area contributed by atoms with E-state index < -0.39 is 23.5 Å². The number of carbonyl (C=O) groups is 2. The highest BCUT2D eigenvalue weighted by atomic mass is 16.5. The smallest absolute Gasteiger partial charge is 0.335 e. The molecule has 0 aliphatic heterocycles. The number of benzene rings is 2. The quantitative estimate of drug-likeness (QED) is 0.152. The summed E-state index contributed by atoms with van der Waals surface area (Å²) in [6, 6.07) is 13.5. The molecule has 0 spiro atoms. The van der Waals surface area contributed by atoms with Crippen LogP contribution in [0.5, 0.6) is 5.75 Å². The van der Waals surface area contributed by atoms with Gasteiger partial charge in [0, 0.05) is 46.9 Å². The summed E-state index contributed by atoms with van der Waals surface area (Å²) in [6.07, 6.45) is 6.09. The van der Waals surface area contributed by atoms with Gasteiger partial charge in [0.15, 0.2) is 0 Å². The predicted molar refractivity (Wildman–Crippen MR) is 159 cm³/mol. The first kappa shape index (κ1) is 28.3. The molecule has 1 atom stereocenters. The molecule has 1 amide bonds. The second-order valence-corrected chi connectivity index (χ2v) is 10.2. The number of methoxy groups -OCH3 is 1. The Morgan fingerprint density at radius 2 is 1.88 bits per heavy atom. The van der Waals surface area contributed by atoms with Gasteiger partial charge in [0.25, 0.3) is 5.56 Å². The molecule has 1 saturated carbocycles. The molecule has 1 unspecified atom stereocenters. The van der Waals surface area contributed by atoms with Gasteiger partial charge in [-0.2, -0.15) is 5.10 Å². The summed E-state index contributed by atoms with van der Waals surface area (Å²) in [4.78, 5) is 38.7. The van der Waals surface area contributed by atoms with Crippen molar-refractivity contribution in [1.82, 2.24) is 14.3 Å². The highest BCUT2D eigenvalue weighted by Gasteiger charge is 2.28. The van der Waals surface area contributed by atoms with Gasteiger partial charge in [-0.15, -0.1) is 0 Å². The Bertz CT molecular complexity index is 1720. The molecule has 0 bridgehead atoms. The molecule has 11 nitrogen and oxygen atoms in total. The first-order valence-corrected chi connectivity index (χ1v) is 13.6. The van der Waals surface area contributed by atoms with Crippen LogP contribution in [0.3, 0.4) is 0 Å². The number of anilines is 2. The topological polar surface area (TPSA) is 165 Å². The fraction of sp³-hybridized carbons (Fsp3) is 0.258. The average molecular weight is 569 g/mol. The number of carboxylic acid groups (broad SMARTS) is 1. The molecule has 5 rings (SSSR count). The number of ether oxygens (including phenoxy) is 1. The van der Waals surface area contributed by atoms with Gasteiger partial charge in [-0.1, -0.05) is 13.0 Å². The van der Waals surface area contributed by atoms with E-state index in [-0.39, 0.29) is 12.0 Å². The summed E-state index contributed by atoms with van der Waals surface area (Å²) in [6.45, 7) is 1.88. The summed E-state index contributed by atoms with van der Waals surface area (Å²) >= 11 is 0. The molecule has 1 aliphatic carbocycles. The SMILES string of the molecule is CCC(=N)c1ccc(N)cc1-c1cc(=O)n(C(Cc2ccn(C3CC3)n2)C(=O)Nc2ccc(C(=O)O)cc2)cc1OC. The third-order valence-electron chi connectivity index (χ3n) is 7.30. The molecule has 11 heteroatoms. The highest BCUT2D eigenvalue weighted by molar-refractivity contribution is 6.05. The zero-order valence-corrected chi connectivity index (χ0v) is 23.3. The summed E-state index contributed by atoms with van der Waals surface area (Å²) in [5, 5.41) is 25.1. The molecule has 216 valence electrons. The van der Waals surface area contributed by atoms with Crippen molar-refractivity contribution in [3.05, 3.63) is 94.2 Å². The second-order valence-electron chi connectivity index (χ2n) is 10.2. The predicted octanol–water partition coefficient (Wildman–Crippen LogP) is 4.54. The maximum atomic E-state index is 13.7. The van der Waals surface area contributed by atoms with Gasteiger partial charge < -0.3 is 26.3 Å². The molecule has 1 aliphatic rings. The minimum atomic E-state index is -1.08. The van der Waals surface area contributed by atoms with Gasteiger partial charge in [-0.05, 0) is 67.3 Å². The number of aromatic carboxylic acids is 1. The summed E-state index contributed by atoms with van der Waals surface area (Å²) in [5.41, 5.74) is 9.28. The number of rotatable bonds is 11. The number of carboxylic acids is 1. The number of amides is 1. The van der Waals surface area contributed by atoms with Gasteiger partial charge in [-0.3, -0.25) is 18.8 Å². The molecule has 0 saturated heterocycles. The van der Waals surface area contributed by atoms with Crippen LogP contribution in [0.2, 0.25) is 0 Å². The zero-order chi connectivity index (χ0) is 30.0. The minimum Gasteiger partial charge on any atom is -0.495 e. The molecular weight excluding hydrogens is 536 g/mol. The highest BCUT2D eigenvalue weighted by Crippen LogP contribution is 2.35. The Kier molecular flexibility index (Phi) is 7.92. The van der Waals surface area contributed by atoms with E-state index in [9.17, 15) is 19.5 Å². The lowest BCUT2D eigenvalue weighted by atomic mass is 9.95. The number of aromatic nitrogens is 3. The molecule has 1 fully saturated rings. The van der Waals surface area contributed by atoms with Crippen LogP contribution in [-0.4, -0.2) is 44.2 Å². The maximum absolute atomic E-state index is 13.7. The van der Waals surface area contributed by atoms with Crippen molar-refractivity contribution in [3.8, 4) is 16.9 Å². The normalized spacial score (nSPS) is 13.4. The summed E-state index contributed by atoms with van der Waals surface area (Å²) in [7, 11) is 1.47. The van der Waals surface area contributed by atoms with E-state index in [1.165, 1.54) is 48.2 Å². The minimum absolute atomic E-state index is 0.0868. The first-order valence-electron chi connectivity index (χ1n) is 13.6. The standard InChI is InChI=1S/C31H32N6O5/c1-3-26(33)23-11-6-19(32)14-24(23)25-16-29(38)36(17-28(25)42-2)27(15-21-12-13-37(35-21)22-9-10-22)30(39)34-20-7-4-18(5-8-20)31(40)41/h4-8,11-14,16-17,22,27,33H,3,9-10,15,32H2,1-2H3,(H,34,39)(H,40,41). The van der Waals surface area contributed by atoms with Gasteiger partial charge in [0.05, 0.1) is 30.6 Å². The number of nitrogens with two attached hydrogens (primary N) is 1.